The summed E-state index contributed by atoms with van der Waals surface area (Å²) in [6.07, 6.45) is 3.73. The average molecular weight is 419 g/mol. The van der Waals surface area contributed by atoms with Crippen molar-refractivity contribution in [3.63, 3.8) is 0 Å². The van der Waals surface area contributed by atoms with Gasteiger partial charge in [-0.2, -0.15) is 5.10 Å². The highest BCUT2D eigenvalue weighted by atomic mass is 32.2. The highest BCUT2D eigenvalue weighted by molar-refractivity contribution is 8.38. The molecule has 2 rings (SSSR count). The molecule has 0 aliphatic rings. The zero-order chi connectivity index (χ0) is 20.4. The van der Waals surface area contributed by atoms with Gasteiger partial charge >= 0.3 is 5.97 Å². The van der Waals surface area contributed by atoms with Crippen LogP contribution < -0.4 is 5.43 Å². The molecule has 0 aliphatic heterocycles. The molecular weight excluding hydrogens is 392 g/mol. The van der Waals surface area contributed by atoms with Gasteiger partial charge in [0.2, 0.25) is 5.76 Å². The fraction of sp³-hybridized carbons (Fsp3) is 0.333. The number of para-hydroxylation sites is 1. The summed E-state index contributed by atoms with van der Waals surface area (Å²) in [6.45, 7) is 8.06. The van der Waals surface area contributed by atoms with Crippen LogP contribution in [-0.4, -0.2) is 23.2 Å². The molecule has 1 aromatic carbocycles. The Hall–Kier alpha value is -2.12. The van der Waals surface area contributed by atoms with Crippen molar-refractivity contribution < 1.29 is 13.9 Å². The smallest absolute Gasteiger partial charge is 0.373 e. The Kier molecular flexibility index (Phi) is 9.23. The zero-order valence-corrected chi connectivity index (χ0v) is 18.1. The molecule has 0 saturated heterocycles. The zero-order valence-electron chi connectivity index (χ0n) is 16.5. The van der Waals surface area contributed by atoms with E-state index in [1.807, 2.05) is 6.08 Å². The number of aryl methyl sites for hydroxylation is 2. The van der Waals surface area contributed by atoms with Crippen LogP contribution in [0, 0.1) is 0 Å². The van der Waals surface area contributed by atoms with Crippen LogP contribution in [0.4, 0.5) is 5.69 Å². The van der Waals surface area contributed by atoms with Gasteiger partial charge in [-0.3, -0.25) is 5.43 Å². The molecule has 150 valence electrons. The van der Waals surface area contributed by atoms with Crippen molar-refractivity contribution in [3.8, 4) is 0 Å². The first-order valence-corrected chi connectivity index (χ1v) is 11.1. The maximum absolute atomic E-state index is 11.5. The summed E-state index contributed by atoms with van der Waals surface area (Å²) >= 11 is 3.15. The number of carbonyl (C=O) groups is 1. The van der Waals surface area contributed by atoms with Gasteiger partial charge in [-0.15, -0.1) is 6.58 Å². The monoisotopic (exact) mass is 418 g/mol. The Morgan fingerprint density at radius 1 is 1.21 bits per heavy atom. The molecule has 1 N–H and O–H groups in total. The molecule has 0 saturated carbocycles. The van der Waals surface area contributed by atoms with Gasteiger partial charge in [-0.05, 0) is 36.1 Å². The van der Waals surface area contributed by atoms with Crippen molar-refractivity contribution in [2.24, 2.45) is 5.10 Å². The minimum Gasteiger partial charge on any atom is -0.463 e. The molecule has 0 bridgehead atoms. The first-order chi connectivity index (χ1) is 13.6. The van der Waals surface area contributed by atoms with Crippen LogP contribution in [0.15, 0.2) is 52.5 Å². The van der Waals surface area contributed by atoms with Crippen molar-refractivity contribution in [2.75, 3.05) is 18.3 Å². The summed E-state index contributed by atoms with van der Waals surface area (Å²) in [6, 6.07) is 9.74. The second-order valence-corrected chi connectivity index (χ2v) is 8.02. The van der Waals surface area contributed by atoms with Crippen LogP contribution in [0.3, 0.4) is 0 Å². The number of ether oxygens (including phenoxy) is 1. The van der Waals surface area contributed by atoms with E-state index in [2.05, 4.69) is 53.9 Å². The molecule has 1 heterocycles. The third-order valence-electron chi connectivity index (χ3n) is 3.97. The van der Waals surface area contributed by atoms with Crippen molar-refractivity contribution >= 4 is 39.6 Å². The standard InChI is InChI=1S/C21H26N2O3S2/c1-5-13-27-21(28-14-17-11-12-18(26-17)20(24)25-4)23-22-19-15(6-2)9-8-10-16(19)7-3/h5,8-12,22H,1,6-7,13-14H2,2-4H3/b23-21+. The molecular formula is C21H26N2O3S2. The third kappa shape index (κ3) is 6.21. The van der Waals surface area contributed by atoms with Gasteiger partial charge < -0.3 is 9.15 Å². The van der Waals surface area contributed by atoms with E-state index in [1.165, 1.54) is 18.2 Å². The lowest BCUT2D eigenvalue weighted by Gasteiger charge is -2.13. The number of hydrazone groups is 1. The number of esters is 1. The van der Waals surface area contributed by atoms with Crippen LogP contribution in [0.5, 0.6) is 0 Å². The third-order valence-corrected chi connectivity index (χ3v) is 6.18. The normalized spacial score (nSPS) is 11.3. The molecule has 0 fully saturated rings. The Bertz CT molecular complexity index is 809. The summed E-state index contributed by atoms with van der Waals surface area (Å²) in [4.78, 5) is 11.5. The summed E-state index contributed by atoms with van der Waals surface area (Å²) in [5.41, 5.74) is 6.84. The lowest BCUT2D eigenvalue weighted by molar-refractivity contribution is 0.0563. The van der Waals surface area contributed by atoms with Crippen LogP contribution in [0.2, 0.25) is 0 Å². The number of hydrogen-bond acceptors (Lipinski definition) is 7. The molecule has 0 aliphatic carbocycles. The molecule has 2 aromatic rings. The van der Waals surface area contributed by atoms with E-state index < -0.39 is 5.97 Å². The van der Waals surface area contributed by atoms with E-state index in [1.54, 1.807) is 35.7 Å². The Labute approximate surface area is 175 Å². The molecule has 0 unspecified atom stereocenters. The van der Waals surface area contributed by atoms with E-state index in [9.17, 15) is 4.79 Å². The van der Waals surface area contributed by atoms with Gasteiger partial charge in [0.25, 0.3) is 0 Å². The molecule has 28 heavy (non-hydrogen) atoms. The summed E-state index contributed by atoms with van der Waals surface area (Å²) in [5, 5.41) is 4.63. The lowest BCUT2D eigenvalue weighted by Crippen LogP contribution is -2.02. The van der Waals surface area contributed by atoms with Crippen molar-refractivity contribution in [1.29, 1.82) is 0 Å². The average Bonchev–Trinajstić information content (AvgIpc) is 3.21. The number of furan rings is 1. The van der Waals surface area contributed by atoms with Gasteiger partial charge in [-0.25, -0.2) is 4.79 Å². The SMILES string of the molecule is C=CCS/C(=N\Nc1c(CC)cccc1CC)SCc1ccc(C(=O)OC)o1. The van der Waals surface area contributed by atoms with Crippen LogP contribution >= 0.6 is 23.5 Å². The first-order valence-electron chi connectivity index (χ1n) is 9.10. The number of rotatable bonds is 9. The predicted octanol–water partition coefficient (Wildman–Crippen LogP) is 5.73. The van der Waals surface area contributed by atoms with E-state index >= 15 is 0 Å². The van der Waals surface area contributed by atoms with E-state index in [0.717, 1.165) is 28.7 Å². The first kappa shape index (κ1) is 22.2. The van der Waals surface area contributed by atoms with E-state index in [-0.39, 0.29) is 5.76 Å². The summed E-state index contributed by atoms with van der Waals surface area (Å²) < 4.78 is 11.1. The van der Waals surface area contributed by atoms with Gasteiger partial charge in [0.05, 0.1) is 18.6 Å². The van der Waals surface area contributed by atoms with E-state index in [4.69, 9.17) is 4.42 Å². The molecule has 5 nitrogen and oxygen atoms in total. The summed E-state index contributed by atoms with van der Waals surface area (Å²) in [5.74, 6) is 1.75. The number of benzene rings is 1. The predicted molar refractivity (Wildman–Crippen MR) is 120 cm³/mol. The number of carbonyl (C=O) groups excluding carboxylic acids is 1. The molecule has 1 aromatic heterocycles. The molecule has 7 heteroatoms. The Balaban J connectivity index is 2.12. The van der Waals surface area contributed by atoms with Crippen molar-refractivity contribution in [2.45, 2.75) is 32.4 Å². The van der Waals surface area contributed by atoms with E-state index in [0.29, 0.717) is 11.5 Å². The summed E-state index contributed by atoms with van der Waals surface area (Å²) in [7, 11) is 1.33. The maximum Gasteiger partial charge on any atom is 0.373 e. The molecule has 0 amide bonds. The van der Waals surface area contributed by atoms with Crippen LogP contribution in [0.25, 0.3) is 0 Å². The second-order valence-electron chi connectivity index (χ2n) is 5.79. The molecule has 0 radical (unpaired) electrons. The van der Waals surface area contributed by atoms with Gasteiger partial charge in [0.1, 0.15) is 5.76 Å². The Morgan fingerprint density at radius 2 is 1.93 bits per heavy atom. The van der Waals surface area contributed by atoms with Crippen molar-refractivity contribution in [1.82, 2.24) is 0 Å². The number of nitrogens with zero attached hydrogens (tertiary/aromatic N) is 1. The number of hydrogen-bond donors (Lipinski definition) is 1. The van der Waals surface area contributed by atoms with Crippen LogP contribution in [0.1, 0.15) is 41.3 Å². The highest BCUT2D eigenvalue weighted by Crippen LogP contribution is 2.26. The van der Waals surface area contributed by atoms with Crippen molar-refractivity contribution in [3.05, 3.63) is 65.6 Å². The van der Waals surface area contributed by atoms with Gasteiger partial charge in [-0.1, -0.05) is 61.6 Å². The Morgan fingerprint density at radius 3 is 2.54 bits per heavy atom. The number of thioether (sulfide) groups is 2. The number of methoxy groups -OCH3 is 1. The molecule has 0 spiro atoms. The quantitative estimate of drug-likeness (QED) is 0.185. The fourth-order valence-electron chi connectivity index (χ4n) is 2.52. The second kappa shape index (κ2) is 11.7. The fourth-order valence-corrected chi connectivity index (χ4v) is 4.14. The van der Waals surface area contributed by atoms with Gasteiger partial charge in [0, 0.05) is 5.75 Å². The largest absolute Gasteiger partial charge is 0.463 e. The maximum atomic E-state index is 11.5. The highest BCUT2D eigenvalue weighted by Gasteiger charge is 2.12. The number of anilines is 1. The molecule has 0 atom stereocenters. The van der Waals surface area contributed by atoms with Crippen LogP contribution in [-0.2, 0) is 23.3 Å². The lowest BCUT2D eigenvalue weighted by atomic mass is 10.0. The topological polar surface area (TPSA) is 63.8 Å². The van der Waals surface area contributed by atoms with Gasteiger partial charge in [0.15, 0.2) is 4.38 Å². The number of nitrogens with one attached hydrogen (secondary N) is 1. The minimum absolute atomic E-state index is 0.206. The minimum atomic E-state index is -0.476.